The summed E-state index contributed by atoms with van der Waals surface area (Å²) in [5.74, 6) is -2.34. The van der Waals surface area contributed by atoms with Crippen LogP contribution in [0.25, 0.3) is 0 Å². The molecule has 1 heterocycles. The molecule has 0 aromatic heterocycles. The van der Waals surface area contributed by atoms with Crippen molar-refractivity contribution < 1.29 is 34.6 Å². The number of nitrogens with two attached hydrogens (primary N) is 2. The number of amides is 1. The van der Waals surface area contributed by atoms with E-state index in [1.807, 2.05) is 6.07 Å². The number of aliphatic carboxylic acids is 2. The van der Waals surface area contributed by atoms with Crippen LogP contribution < -0.4 is 11.5 Å². The number of benzene rings is 1. The van der Waals surface area contributed by atoms with Crippen LogP contribution in [0.3, 0.4) is 0 Å². The topological polar surface area (TPSA) is 187 Å². The first-order valence-electron chi connectivity index (χ1n) is 7.32. The summed E-state index contributed by atoms with van der Waals surface area (Å²) in [5.41, 5.74) is 10.1. The number of rotatable bonds is 4. The molecular formula is C14H22BN3O7. The van der Waals surface area contributed by atoms with Crippen LogP contribution in [0, 0.1) is 0 Å². The van der Waals surface area contributed by atoms with Crippen LogP contribution in [0.5, 0.6) is 0 Å². The standard InChI is InChI=1S/C7H7NO.C5H10BNO4.C2H5NO2/c8-7(9)6-4-2-1-3-5-6;8-5(9)4-2-1-3-7(4)6(10)11;3-1-2(4)5/h1-5H,(H2,8,9);4,10-11H,1-3H2,(H,8,9);1,3H2,(H,4,5)/t;4-;/m.0./s1. The summed E-state index contributed by atoms with van der Waals surface area (Å²) in [7, 11) is -1.64. The Morgan fingerprint density at radius 3 is 1.96 bits per heavy atom. The zero-order chi connectivity index (χ0) is 19.4. The van der Waals surface area contributed by atoms with E-state index in [2.05, 4.69) is 5.73 Å². The molecule has 1 aliphatic heterocycles. The van der Waals surface area contributed by atoms with Gasteiger partial charge in [-0.1, -0.05) is 18.2 Å². The molecule has 25 heavy (non-hydrogen) atoms. The van der Waals surface area contributed by atoms with E-state index in [1.54, 1.807) is 24.3 Å². The zero-order valence-electron chi connectivity index (χ0n) is 13.5. The van der Waals surface area contributed by atoms with Crippen molar-refractivity contribution in [3.05, 3.63) is 35.9 Å². The maximum atomic E-state index is 10.5. The van der Waals surface area contributed by atoms with Gasteiger partial charge in [-0.15, -0.1) is 0 Å². The largest absolute Gasteiger partial charge is 0.552 e. The minimum Gasteiger partial charge on any atom is -0.480 e. The van der Waals surface area contributed by atoms with Crippen LogP contribution in [0.1, 0.15) is 23.2 Å². The van der Waals surface area contributed by atoms with E-state index in [9.17, 15) is 14.4 Å². The van der Waals surface area contributed by atoms with Crippen molar-refractivity contribution in [1.82, 2.24) is 4.81 Å². The molecule has 1 amide bonds. The van der Waals surface area contributed by atoms with Crippen LogP contribution in [0.2, 0.25) is 0 Å². The van der Waals surface area contributed by atoms with Gasteiger partial charge in [-0.2, -0.15) is 0 Å². The molecule has 1 saturated heterocycles. The highest BCUT2D eigenvalue weighted by Gasteiger charge is 2.36. The molecular weight excluding hydrogens is 333 g/mol. The molecule has 0 unspecified atom stereocenters. The molecule has 1 aromatic rings. The lowest BCUT2D eigenvalue weighted by atomic mass is 10.0. The molecule has 138 valence electrons. The molecule has 1 fully saturated rings. The van der Waals surface area contributed by atoms with Crippen LogP contribution in [0.15, 0.2) is 30.3 Å². The number of carboxylic acids is 2. The maximum Gasteiger partial charge on any atom is 0.552 e. The van der Waals surface area contributed by atoms with Gasteiger partial charge in [0.25, 0.3) is 0 Å². The molecule has 8 N–H and O–H groups in total. The number of hydrogen-bond donors (Lipinski definition) is 6. The highest BCUT2D eigenvalue weighted by atomic mass is 16.4. The van der Waals surface area contributed by atoms with E-state index in [1.165, 1.54) is 0 Å². The Morgan fingerprint density at radius 2 is 1.68 bits per heavy atom. The van der Waals surface area contributed by atoms with Gasteiger partial charge in [0, 0.05) is 5.56 Å². The number of hydrogen-bond acceptors (Lipinski definition) is 7. The summed E-state index contributed by atoms with van der Waals surface area (Å²) in [5, 5.41) is 33.5. The number of carbonyl (C=O) groups is 3. The first-order chi connectivity index (χ1) is 11.7. The van der Waals surface area contributed by atoms with Gasteiger partial charge < -0.3 is 31.7 Å². The quantitative estimate of drug-likeness (QED) is 0.343. The second-order valence-corrected chi connectivity index (χ2v) is 4.91. The zero-order valence-corrected chi connectivity index (χ0v) is 13.5. The third kappa shape index (κ3) is 9.42. The summed E-state index contributed by atoms with van der Waals surface area (Å²) < 4.78 is 0. The Bertz CT molecular complexity index is 557. The third-order valence-electron chi connectivity index (χ3n) is 3.11. The lowest BCUT2D eigenvalue weighted by Gasteiger charge is -2.18. The fraction of sp³-hybridized carbons (Fsp3) is 0.357. The van der Waals surface area contributed by atoms with Crippen molar-refractivity contribution in [1.29, 1.82) is 0 Å². The average molecular weight is 355 g/mol. The predicted molar refractivity (Wildman–Crippen MR) is 89.2 cm³/mol. The first kappa shape index (κ1) is 22.5. The van der Waals surface area contributed by atoms with Crippen LogP contribution in [-0.4, -0.2) is 69.3 Å². The van der Waals surface area contributed by atoms with E-state index in [0.29, 0.717) is 24.9 Å². The fourth-order valence-electron chi connectivity index (χ4n) is 1.93. The maximum absolute atomic E-state index is 10.5. The molecule has 0 spiro atoms. The Kier molecular flexibility index (Phi) is 10.8. The van der Waals surface area contributed by atoms with Crippen LogP contribution >= 0.6 is 0 Å². The van der Waals surface area contributed by atoms with Gasteiger partial charge in [-0.25, -0.2) is 0 Å². The Balaban J connectivity index is 0.000000372. The van der Waals surface area contributed by atoms with Crippen LogP contribution in [-0.2, 0) is 9.59 Å². The summed E-state index contributed by atoms with van der Waals surface area (Å²) in [6.07, 6.45) is 1.20. The van der Waals surface area contributed by atoms with E-state index < -0.39 is 25.2 Å². The van der Waals surface area contributed by atoms with Crippen molar-refractivity contribution in [2.45, 2.75) is 18.9 Å². The van der Waals surface area contributed by atoms with Crippen molar-refractivity contribution >= 4 is 25.1 Å². The van der Waals surface area contributed by atoms with Crippen molar-refractivity contribution in [2.24, 2.45) is 11.5 Å². The molecule has 0 bridgehead atoms. The first-order valence-corrected chi connectivity index (χ1v) is 7.32. The van der Waals surface area contributed by atoms with Crippen molar-refractivity contribution in [2.75, 3.05) is 13.1 Å². The molecule has 0 saturated carbocycles. The normalized spacial score (nSPS) is 15.9. The summed E-state index contributed by atoms with van der Waals surface area (Å²) >= 11 is 0. The molecule has 1 aliphatic rings. The number of carbonyl (C=O) groups excluding carboxylic acids is 1. The second-order valence-electron chi connectivity index (χ2n) is 4.91. The van der Waals surface area contributed by atoms with E-state index >= 15 is 0 Å². The van der Waals surface area contributed by atoms with Gasteiger partial charge in [-0.3, -0.25) is 19.2 Å². The summed E-state index contributed by atoms with van der Waals surface area (Å²) in [6, 6.07) is 8.03. The lowest BCUT2D eigenvalue weighted by Crippen LogP contribution is -2.46. The van der Waals surface area contributed by atoms with Gasteiger partial charge in [0.1, 0.15) is 6.04 Å². The second kappa shape index (κ2) is 12.0. The molecule has 1 aromatic carbocycles. The number of carboxylic acid groups (broad SMARTS) is 2. The molecule has 0 aliphatic carbocycles. The van der Waals surface area contributed by atoms with Gasteiger partial charge in [0.15, 0.2) is 0 Å². The highest BCUT2D eigenvalue weighted by molar-refractivity contribution is 6.38. The van der Waals surface area contributed by atoms with E-state index in [4.69, 9.17) is 26.0 Å². The molecule has 10 nitrogen and oxygen atoms in total. The molecule has 1 atom stereocenters. The summed E-state index contributed by atoms with van der Waals surface area (Å²) in [6.45, 7) is 0.161. The average Bonchev–Trinajstić information content (AvgIpc) is 3.07. The Morgan fingerprint density at radius 1 is 1.16 bits per heavy atom. The van der Waals surface area contributed by atoms with Crippen LogP contribution in [0.4, 0.5) is 0 Å². The third-order valence-corrected chi connectivity index (χ3v) is 3.11. The number of nitrogens with zero attached hydrogens (tertiary/aromatic N) is 1. The lowest BCUT2D eigenvalue weighted by molar-refractivity contribution is -0.141. The van der Waals surface area contributed by atoms with Crippen molar-refractivity contribution in [3.63, 3.8) is 0 Å². The van der Waals surface area contributed by atoms with Gasteiger partial charge in [0.2, 0.25) is 5.91 Å². The van der Waals surface area contributed by atoms with Gasteiger partial charge in [-0.05, 0) is 31.5 Å². The smallest absolute Gasteiger partial charge is 0.480 e. The minimum atomic E-state index is -1.64. The SMILES string of the molecule is NC(=O)c1ccccc1.NCC(=O)O.O=C(O)[C@@H]1CCCN1B(O)O. The Labute approximate surface area is 144 Å². The predicted octanol–water partition coefficient (Wildman–Crippen LogP) is -1.68. The van der Waals surface area contributed by atoms with Gasteiger partial charge in [0.05, 0.1) is 6.54 Å². The monoisotopic (exact) mass is 355 g/mol. The highest BCUT2D eigenvalue weighted by Crippen LogP contribution is 2.16. The minimum absolute atomic E-state index is 0.278. The van der Waals surface area contributed by atoms with Gasteiger partial charge >= 0.3 is 19.2 Å². The summed E-state index contributed by atoms with van der Waals surface area (Å²) in [4.78, 5) is 31.3. The molecule has 0 radical (unpaired) electrons. The molecule has 11 heteroatoms. The number of primary amides is 1. The van der Waals surface area contributed by atoms with E-state index in [-0.39, 0.29) is 12.5 Å². The fourth-order valence-corrected chi connectivity index (χ4v) is 1.93. The van der Waals surface area contributed by atoms with E-state index in [0.717, 1.165) is 4.81 Å². The Hall–Kier alpha value is -2.47. The van der Waals surface area contributed by atoms with Crippen molar-refractivity contribution in [3.8, 4) is 0 Å². The molecule has 2 rings (SSSR count).